The molecule has 4 nitrogen and oxygen atoms in total. The lowest BCUT2D eigenvalue weighted by Crippen LogP contribution is -2.33. The van der Waals surface area contributed by atoms with Crippen LogP contribution in [0.4, 0.5) is 0 Å². The Morgan fingerprint density at radius 3 is 2.30 bits per heavy atom. The van der Waals surface area contributed by atoms with E-state index in [0.29, 0.717) is 6.54 Å². The van der Waals surface area contributed by atoms with Crippen LogP contribution in [0.15, 0.2) is 30.3 Å². The lowest BCUT2D eigenvalue weighted by molar-refractivity contribution is -0.140. The van der Waals surface area contributed by atoms with Crippen LogP contribution in [0.2, 0.25) is 0 Å². The van der Waals surface area contributed by atoms with Gasteiger partial charge in [0.1, 0.15) is 0 Å². The molecule has 0 aliphatic rings. The van der Waals surface area contributed by atoms with Crippen molar-refractivity contribution in [3.8, 4) is 0 Å². The third-order valence-electron chi connectivity index (χ3n) is 3.26. The first kappa shape index (κ1) is 16.2. The fraction of sp³-hybridized carbons (Fsp3) is 0.500. The van der Waals surface area contributed by atoms with E-state index in [2.05, 4.69) is 0 Å². The quantitative estimate of drug-likeness (QED) is 0.833. The molecule has 0 saturated carbocycles. The largest absolute Gasteiger partial charge is 0.481 e. The Morgan fingerprint density at radius 1 is 1.15 bits per heavy atom. The minimum absolute atomic E-state index is 0.00522. The first-order valence-corrected chi connectivity index (χ1v) is 6.80. The van der Waals surface area contributed by atoms with Crippen LogP contribution in [0.25, 0.3) is 0 Å². The number of aliphatic carboxylic acids is 1. The van der Waals surface area contributed by atoms with Crippen molar-refractivity contribution in [2.24, 2.45) is 5.41 Å². The summed E-state index contributed by atoms with van der Waals surface area (Å²) >= 11 is 0. The fourth-order valence-electron chi connectivity index (χ4n) is 2.08. The molecule has 0 fully saturated rings. The van der Waals surface area contributed by atoms with Gasteiger partial charge in [-0.25, -0.2) is 0 Å². The highest BCUT2D eigenvalue weighted by molar-refractivity contribution is 5.77. The summed E-state index contributed by atoms with van der Waals surface area (Å²) in [5, 5.41) is 8.83. The first-order chi connectivity index (χ1) is 9.30. The van der Waals surface area contributed by atoms with E-state index in [9.17, 15) is 9.59 Å². The molecule has 4 heteroatoms. The number of carbonyl (C=O) groups is 2. The number of carboxylic acid groups (broad SMARTS) is 1. The second-order valence-electron chi connectivity index (χ2n) is 5.96. The number of benzene rings is 1. The second kappa shape index (κ2) is 7.08. The summed E-state index contributed by atoms with van der Waals surface area (Å²) in [7, 11) is 1.77. The molecule has 0 aliphatic carbocycles. The minimum atomic E-state index is -0.866. The van der Waals surface area contributed by atoms with Gasteiger partial charge >= 0.3 is 5.97 Å². The summed E-state index contributed by atoms with van der Waals surface area (Å²) in [6, 6.07) is 9.99. The molecule has 1 aromatic carbocycles. The molecule has 1 N–H and O–H groups in total. The van der Waals surface area contributed by atoms with Gasteiger partial charge in [-0.05, 0) is 17.4 Å². The number of amides is 1. The molecule has 0 atom stereocenters. The average molecular weight is 277 g/mol. The molecule has 0 spiro atoms. The minimum Gasteiger partial charge on any atom is -0.481 e. The van der Waals surface area contributed by atoms with Gasteiger partial charge in [-0.2, -0.15) is 0 Å². The normalized spacial score (nSPS) is 11.2. The van der Waals surface area contributed by atoms with Crippen molar-refractivity contribution in [2.75, 3.05) is 13.6 Å². The molecular weight excluding hydrogens is 254 g/mol. The van der Waals surface area contributed by atoms with Crippen LogP contribution in [-0.2, 0) is 16.0 Å². The third kappa shape index (κ3) is 5.87. The predicted molar refractivity (Wildman–Crippen MR) is 78.4 cm³/mol. The Labute approximate surface area is 120 Å². The van der Waals surface area contributed by atoms with Crippen molar-refractivity contribution < 1.29 is 14.7 Å². The van der Waals surface area contributed by atoms with Crippen molar-refractivity contribution in [1.29, 1.82) is 0 Å². The number of carbonyl (C=O) groups excluding carboxylic acids is 1. The van der Waals surface area contributed by atoms with Crippen LogP contribution in [0.1, 0.15) is 32.3 Å². The van der Waals surface area contributed by atoms with Crippen LogP contribution in [0.5, 0.6) is 0 Å². The monoisotopic (exact) mass is 277 g/mol. The molecule has 0 bridgehead atoms. The van der Waals surface area contributed by atoms with Crippen molar-refractivity contribution >= 4 is 11.9 Å². The van der Waals surface area contributed by atoms with Gasteiger partial charge in [0, 0.05) is 20.0 Å². The molecule has 110 valence electrons. The SMILES string of the molecule is CN(CCc1ccccc1)C(=O)CC(C)(C)CC(=O)O. The van der Waals surface area contributed by atoms with Crippen LogP contribution < -0.4 is 0 Å². The molecular formula is C16H23NO3. The fourth-order valence-corrected chi connectivity index (χ4v) is 2.08. The Balaban J connectivity index is 2.45. The zero-order chi connectivity index (χ0) is 15.2. The Kier molecular flexibility index (Phi) is 5.74. The van der Waals surface area contributed by atoms with E-state index in [0.717, 1.165) is 6.42 Å². The van der Waals surface area contributed by atoms with Crippen molar-refractivity contribution in [1.82, 2.24) is 4.90 Å². The molecule has 0 heterocycles. The molecule has 20 heavy (non-hydrogen) atoms. The zero-order valence-corrected chi connectivity index (χ0v) is 12.4. The van der Waals surface area contributed by atoms with E-state index in [-0.39, 0.29) is 18.7 Å². The van der Waals surface area contributed by atoms with Gasteiger partial charge in [0.15, 0.2) is 0 Å². The van der Waals surface area contributed by atoms with E-state index >= 15 is 0 Å². The summed E-state index contributed by atoms with van der Waals surface area (Å²) in [5.41, 5.74) is 0.682. The summed E-state index contributed by atoms with van der Waals surface area (Å²) < 4.78 is 0. The van der Waals surface area contributed by atoms with Crippen molar-refractivity contribution in [3.05, 3.63) is 35.9 Å². The highest BCUT2D eigenvalue weighted by atomic mass is 16.4. The number of rotatable bonds is 7. The maximum Gasteiger partial charge on any atom is 0.303 e. The molecule has 0 aliphatic heterocycles. The van der Waals surface area contributed by atoms with Crippen LogP contribution in [0.3, 0.4) is 0 Å². The number of carboxylic acids is 1. The maximum atomic E-state index is 12.1. The molecule has 0 unspecified atom stereocenters. The topological polar surface area (TPSA) is 57.6 Å². The lowest BCUT2D eigenvalue weighted by atomic mass is 9.85. The van der Waals surface area contributed by atoms with E-state index < -0.39 is 11.4 Å². The Hall–Kier alpha value is -1.84. The van der Waals surface area contributed by atoms with E-state index in [4.69, 9.17) is 5.11 Å². The molecule has 0 saturated heterocycles. The smallest absolute Gasteiger partial charge is 0.303 e. The highest BCUT2D eigenvalue weighted by Crippen LogP contribution is 2.25. The van der Waals surface area contributed by atoms with Gasteiger partial charge in [0.2, 0.25) is 5.91 Å². The third-order valence-corrected chi connectivity index (χ3v) is 3.26. The van der Waals surface area contributed by atoms with E-state index in [1.165, 1.54) is 5.56 Å². The van der Waals surface area contributed by atoms with Crippen LogP contribution in [0, 0.1) is 5.41 Å². The molecule has 1 aromatic rings. The van der Waals surface area contributed by atoms with Crippen LogP contribution in [-0.4, -0.2) is 35.5 Å². The van der Waals surface area contributed by atoms with Gasteiger partial charge in [0.05, 0.1) is 6.42 Å². The van der Waals surface area contributed by atoms with Gasteiger partial charge < -0.3 is 10.0 Å². The molecule has 1 amide bonds. The summed E-state index contributed by atoms with van der Waals surface area (Å²) in [4.78, 5) is 24.5. The predicted octanol–water partition coefficient (Wildman–Crippen LogP) is 2.58. The van der Waals surface area contributed by atoms with Gasteiger partial charge in [-0.15, -0.1) is 0 Å². The van der Waals surface area contributed by atoms with Crippen molar-refractivity contribution in [2.45, 2.75) is 33.1 Å². The second-order valence-corrected chi connectivity index (χ2v) is 5.96. The summed E-state index contributed by atoms with van der Waals surface area (Å²) in [6.07, 6.45) is 1.07. The number of hydrogen-bond acceptors (Lipinski definition) is 2. The van der Waals surface area contributed by atoms with Gasteiger partial charge in [0.25, 0.3) is 0 Å². The van der Waals surface area contributed by atoms with Crippen LogP contribution >= 0.6 is 0 Å². The maximum absolute atomic E-state index is 12.1. The molecule has 0 aromatic heterocycles. The lowest BCUT2D eigenvalue weighted by Gasteiger charge is -2.25. The number of hydrogen-bond donors (Lipinski definition) is 1. The summed E-state index contributed by atoms with van der Waals surface area (Å²) in [5.74, 6) is -0.873. The van der Waals surface area contributed by atoms with E-state index in [1.54, 1.807) is 11.9 Å². The van der Waals surface area contributed by atoms with Crippen molar-refractivity contribution in [3.63, 3.8) is 0 Å². The zero-order valence-electron chi connectivity index (χ0n) is 12.4. The molecule has 1 rings (SSSR count). The number of likely N-dealkylation sites (N-methyl/N-ethyl adjacent to an activating group) is 1. The highest BCUT2D eigenvalue weighted by Gasteiger charge is 2.26. The Morgan fingerprint density at radius 2 is 1.75 bits per heavy atom. The first-order valence-electron chi connectivity index (χ1n) is 6.80. The standard InChI is InChI=1S/C16H23NO3/c1-16(2,12-15(19)20)11-14(18)17(3)10-9-13-7-5-4-6-8-13/h4-8H,9-12H2,1-3H3,(H,19,20). The van der Waals surface area contributed by atoms with Gasteiger partial charge in [-0.3, -0.25) is 9.59 Å². The molecule has 0 radical (unpaired) electrons. The summed E-state index contributed by atoms with van der Waals surface area (Å²) in [6.45, 7) is 4.26. The number of nitrogens with zero attached hydrogens (tertiary/aromatic N) is 1. The Bertz CT molecular complexity index is 454. The average Bonchev–Trinajstić information content (AvgIpc) is 2.34. The van der Waals surface area contributed by atoms with E-state index in [1.807, 2.05) is 44.2 Å². The van der Waals surface area contributed by atoms with Gasteiger partial charge in [-0.1, -0.05) is 44.2 Å².